The van der Waals surface area contributed by atoms with Gasteiger partial charge in [-0.25, -0.2) is 0 Å². The Balaban J connectivity index is 1.60. The number of nitrogens with one attached hydrogen (secondary N) is 1. The number of piperazine rings is 1. The molecule has 1 atom stereocenters. The predicted octanol–water partition coefficient (Wildman–Crippen LogP) is 4.11. The number of hydrogen-bond donors (Lipinski definition) is 1. The van der Waals surface area contributed by atoms with Gasteiger partial charge in [-0.3, -0.25) is 9.69 Å². The zero-order valence-corrected chi connectivity index (χ0v) is 16.4. The van der Waals surface area contributed by atoms with Crippen molar-refractivity contribution in [2.24, 2.45) is 0 Å². The van der Waals surface area contributed by atoms with Gasteiger partial charge >= 0.3 is 0 Å². The average Bonchev–Trinajstić information content (AvgIpc) is 2.64. The van der Waals surface area contributed by atoms with E-state index in [2.05, 4.69) is 39.4 Å². The number of para-hydroxylation sites is 1. The summed E-state index contributed by atoms with van der Waals surface area (Å²) in [6.07, 6.45) is 0. The highest BCUT2D eigenvalue weighted by molar-refractivity contribution is 6.34. The van der Waals surface area contributed by atoms with E-state index in [1.54, 1.807) is 0 Å². The summed E-state index contributed by atoms with van der Waals surface area (Å²) in [5, 5.41) is 3.61. The van der Waals surface area contributed by atoms with Crippen LogP contribution >= 0.6 is 11.6 Å². The molecule has 0 aromatic heterocycles. The van der Waals surface area contributed by atoms with E-state index >= 15 is 0 Å². The van der Waals surface area contributed by atoms with Crippen LogP contribution in [-0.2, 0) is 4.79 Å². The monoisotopic (exact) mass is 371 g/mol. The van der Waals surface area contributed by atoms with E-state index < -0.39 is 0 Å². The fraction of sp³-hybridized carbons (Fsp3) is 0.381. The normalized spacial score (nSPS) is 16.4. The van der Waals surface area contributed by atoms with Crippen molar-refractivity contribution < 1.29 is 4.79 Å². The number of amides is 1. The van der Waals surface area contributed by atoms with E-state index in [-0.39, 0.29) is 11.9 Å². The zero-order chi connectivity index (χ0) is 18.7. The number of carbonyl (C=O) groups is 1. The van der Waals surface area contributed by atoms with Crippen molar-refractivity contribution in [3.63, 3.8) is 0 Å². The quantitative estimate of drug-likeness (QED) is 0.878. The molecule has 26 heavy (non-hydrogen) atoms. The maximum Gasteiger partial charge on any atom is 0.241 e. The van der Waals surface area contributed by atoms with E-state index in [0.29, 0.717) is 5.02 Å². The SMILES string of the molecule is Cc1cc(C)c(NC(=O)[C@H](C)N2CCN(c3ccccc3)CC2)c(Cl)c1. The fourth-order valence-electron chi connectivity index (χ4n) is 3.47. The van der Waals surface area contributed by atoms with Crippen LogP contribution in [0.5, 0.6) is 0 Å². The molecule has 5 heteroatoms. The molecule has 1 aliphatic rings. The number of carbonyl (C=O) groups excluding carboxylic acids is 1. The van der Waals surface area contributed by atoms with Crippen LogP contribution in [0.25, 0.3) is 0 Å². The summed E-state index contributed by atoms with van der Waals surface area (Å²) in [5.74, 6) is -0.00739. The van der Waals surface area contributed by atoms with Gasteiger partial charge in [-0.05, 0) is 50.1 Å². The van der Waals surface area contributed by atoms with Crippen LogP contribution in [0.2, 0.25) is 5.02 Å². The molecule has 4 nitrogen and oxygen atoms in total. The lowest BCUT2D eigenvalue weighted by atomic mass is 10.1. The van der Waals surface area contributed by atoms with E-state index in [1.807, 2.05) is 39.0 Å². The summed E-state index contributed by atoms with van der Waals surface area (Å²) in [6.45, 7) is 9.51. The molecule has 0 bridgehead atoms. The molecule has 1 fully saturated rings. The molecule has 138 valence electrons. The molecule has 0 radical (unpaired) electrons. The van der Waals surface area contributed by atoms with Gasteiger partial charge in [0.1, 0.15) is 0 Å². The molecule has 1 heterocycles. The Hall–Kier alpha value is -2.04. The Morgan fingerprint density at radius 2 is 1.73 bits per heavy atom. The first-order chi connectivity index (χ1) is 12.5. The van der Waals surface area contributed by atoms with Gasteiger partial charge in [-0.1, -0.05) is 35.9 Å². The third-order valence-electron chi connectivity index (χ3n) is 5.04. The first kappa shape index (κ1) is 18.7. The van der Waals surface area contributed by atoms with Crippen molar-refractivity contribution in [3.8, 4) is 0 Å². The Bertz CT molecular complexity index is 747. The lowest BCUT2D eigenvalue weighted by Crippen LogP contribution is -2.52. The summed E-state index contributed by atoms with van der Waals surface area (Å²) in [4.78, 5) is 17.3. The molecule has 0 spiro atoms. The molecule has 3 rings (SSSR count). The highest BCUT2D eigenvalue weighted by Gasteiger charge is 2.26. The van der Waals surface area contributed by atoms with Crippen molar-refractivity contribution in [2.45, 2.75) is 26.8 Å². The second-order valence-corrected chi connectivity index (χ2v) is 7.37. The van der Waals surface area contributed by atoms with Gasteiger partial charge in [-0.15, -0.1) is 0 Å². The van der Waals surface area contributed by atoms with Crippen molar-refractivity contribution >= 4 is 28.9 Å². The molecular weight excluding hydrogens is 346 g/mol. The topological polar surface area (TPSA) is 35.6 Å². The van der Waals surface area contributed by atoms with E-state index in [9.17, 15) is 4.79 Å². The average molecular weight is 372 g/mol. The summed E-state index contributed by atoms with van der Waals surface area (Å²) in [5.41, 5.74) is 4.04. The highest BCUT2D eigenvalue weighted by atomic mass is 35.5. The largest absolute Gasteiger partial charge is 0.369 e. The van der Waals surface area contributed by atoms with Gasteiger partial charge in [0.05, 0.1) is 16.8 Å². The number of aryl methyl sites for hydroxylation is 2. The molecule has 0 unspecified atom stereocenters. The molecular formula is C21H26ClN3O. The van der Waals surface area contributed by atoms with Gasteiger partial charge < -0.3 is 10.2 Å². The summed E-state index contributed by atoms with van der Waals surface area (Å²) in [7, 11) is 0. The number of nitrogens with zero attached hydrogens (tertiary/aromatic N) is 2. The molecule has 2 aromatic carbocycles. The van der Waals surface area contributed by atoms with E-state index in [4.69, 9.17) is 11.6 Å². The standard InChI is InChI=1S/C21H26ClN3O/c1-15-13-16(2)20(19(22)14-15)23-21(26)17(3)24-9-11-25(12-10-24)18-7-5-4-6-8-18/h4-8,13-14,17H,9-12H2,1-3H3,(H,23,26)/t17-/m0/s1. The Morgan fingerprint density at radius 1 is 1.08 bits per heavy atom. The van der Waals surface area contributed by atoms with Gasteiger partial charge in [0.15, 0.2) is 0 Å². The minimum atomic E-state index is -0.190. The molecule has 1 amide bonds. The smallest absolute Gasteiger partial charge is 0.241 e. The molecule has 1 N–H and O–H groups in total. The molecule has 0 saturated carbocycles. The summed E-state index contributed by atoms with van der Waals surface area (Å²) >= 11 is 6.32. The second kappa shape index (κ2) is 8.11. The van der Waals surface area contributed by atoms with Crippen molar-refractivity contribution in [1.29, 1.82) is 0 Å². The van der Waals surface area contributed by atoms with Crippen LogP contribution in [-0.4, -0.2) is 43.0 Å². The number of rotatable bonds is 4. The Labute approximate surface area is 160 Å². The summed E-state index contributed by atoms with van der Waals surface area (Å²) < 4.78 is 0. The van der Waals surface area contributed by atoms with Crippen LogP contribution in [0.3, 0.4) is 0 Å². The number of halogens is 1. The van der Waals surface area contributed by atoms with E-state index in [1.165, 1.54) is 5.69 Å². The van der Waals surface area contributed by atoms with Crippen LogP contribution in [0.1, 0.15) is 18.1 Å². The predicted molar refractivity (Wildman–Crippen MR) is 109 cm³/mol. The van der Waals surface area contributed by atoms with Crippen molar-refractivity contribution in [1.82, 2.24) is 4.90 Å². The molecule has 2 aromatic rings. The number of anilines is 2. The minimum Gasteiger partial charge on any atom is -0.369 e. The van der Waals surface area contributed by atoms with Gasteiger partial charge in [-0.2, -0.15) is 0 Å². The van der Waals surface area contributed by atoms with Gasteiger partial charge in [0.25, 0.3) is 0 Å². The Morgan fingerprint density at radius 3 is 2.35 bits per heavy atom. The van der Waals surface area contributed by atoms with Crippen molar-refractivity contribution in [2.75, 3.05) is 36.4 Å². The fourth-order valence-corrected chi connectivity index (χ4v) is 3.84. The zero-order valence-electron chi connectivity index (χ0n) is 15.6. The maximum absolute atomic E-state index is 12.7. The van der Waals surface area contributed by atoms with Crippen molar-refractivity contribution in [3.05, 3.63) is 58.6 Å². The first-order valence-corrected chi connectivity index (χ1v) is 9.45. The van der Waals surface area contributed by atoms with Crippen LogP contribution in [0.15, 0.2) is 42.5 Å². The van der Waals surface area contributed by atoms with Gasteiger partial charge in [0.2, 0.25) is 5.91 Å². The molecule has 0 aliphatic carbocycles. The van der Waals surface area contributed by atoms with Crippen LogP contribution in [0.4, 0.5) is 11.4 Å². The highest BCUT2D eigenvalue weighted by Crippen LogP contribution is 2.27. The second-order valence-electron chi connectivity index (χ2n) is 6.96. The lowest BCUT2D eigenvalue weighted by Gasteiger charge is -2.38. The van der Waals surface area contributed by atoms with E-state index in [0.717, 1.165) is 43.0 Å². The van der Waals surface area contributed by atoms with Crippen LogP contribution < -0.4 is 10.2 Å². The Kier molecular flexibility index (Phi) is 5.84. The van der Waals surface area contributed by atoms with Crippen LogP contribution in [0, 0.1) is 13.8 Å². The first-order valence-electron chi connectivity index (χ1n) is 9.07. The third-order valence-corrected chi connectivity index (χ3v) is 5.34. The maximum atomic E-state index is 12.7. The molecule has 1 saturated heterocycles. The molecule has 1 aliphatic heterocycles. The van der Waals surface area contributed by atoms with Gasteiger partial charge in [0, 0.05) is 31.9 Å². The minimum absolute atomic E-state index is 0.00739. The number of benzene rings is 2. The lowest BCUT2D eigenvalue weighted by molar-refractivity contribution is -0.120. The summed E-state index contributed by atoms with van der Waals surface area (Å²) in [6, 6.07) is 14.1. The number of hydrogen-bond acceptors (Lipinski definition) is 3. The third kappa shape index (κ3) is 4.19.